The highest BCUT2D eigenvalue weighted by Crippen LogP contribution is 2.04. The van der Waals surface area contributed by atoms with Crippen molar-refractivity contribution in [1.82, 2.24) is 9.47 Å². The number of aryl methyl sites for hydroxylation is 1. The van der Waals surface area contributed by atoms with Gasteiger partial charge in [-0.1, -0.05) is 11.3 Å². The third-order valence-electron chi connectivity index (χ3n) is 2.89. The van der Waals surface area contributed by atoms with Gasteiger partial charge in [0.2, 0.25) is 5.91 Å². The second-order valence-electron chi connectivity index (χ2n) is 4.04. The monoisotopic (exact) mass is 256 g/mol. The van der Waals surface area contributed by atoms with Gasteiger partial charge in [-0.3, -0.25) is 9.59 Å². The van der Waals surface area contributed by atoms with Crippen molar-refractivity contribution in [3.63, 3.8) is 0 Å². The summed E-state index contributed by atoms with van der Waals surface area (Å²) in [7, 11) is 0. The summed E-state index contributed by atoms with van der Waals surface area (Å²) < 4.78 is 6.85. The molecule has 0 bridgehead atoms. The number of morpholine rings is 1. The lowest BCUT2D eigenvalue weighted by Gasteiger charge is -2.26. The number of carbonyl (C=O) groups is 1. The van der Waals surface area contributed by atoms with E-state index in [1.54, 1.807) is 9.47 Å². The molecule has 1 amide bonds. The summed E-state index contributed by atoms with van der Waals surface area (Å²) in [5.74, 6) is 0.103. The fourth-order valence-electron chi connectivity index (χ4n) is 1.85. The molecule has 0 N–H and O–H groups in total. The standard InChI is InChI=1S/C11H16N2O3S/c1-9-8-17-11(15)13(9)3-2-10(14)12-4-6-16-7-5-12/h8H,2-7H2,1H3. The Morgan fingerprint density at radius 1 is 1.47 bits per heavy atom. The Bertz CT molecular complexity index is 446. The van der Waals surface area contributed by atoms with Gasteiger partial charge < -0.3 is 14.2 Å². The van der Waals surface area contributed by atoms with Crippen LogP contribution in [0.4, 0.5) is 0 Å². The number of hydrogen-bond acceptors (Lipinski definition) is 4. The zero-order chi connectivity index (χ0) is 12.3. The summed E-state index contributed by atoms with van der Waals surface area (Å²) in [6.45, 7) is 4.92. The first kappa shape index (κ1) is 12.3. The Morgan fingerprint density at radius 2 is 2.18 bits per heavy atom. The first-order valence-corrected chi connectivity index (χ1v) is 6.57. The zero-order valence-electron chi connectivity index (χ0n) is 9.85. The highest BCUT2D eigenvalue weighted by Gasteiger charge is 2.16. The number of aromatic nitrogens is 1. The van der Waals surface area contributed by atoms with E-state index in [2.05, 4.69) is 0 Å². The Morgan fingerprint density at radius 3 is 2.76 bits per heavy atom. The van der Waals surface area contributed by atoms with Crippen molar-refractivity contribution in [2.24, 2.45) is 0 Å². The van der Waals surface area contributed by atoms with Crippen LogP contribution in [0.2, 0.25) is 0 Å². The minimum Gasteiger partial charge on any atom is -0.378 e. The van der Waals surface area contributed by atoms with Crippen molar-refractivity contribution in [3.05, 3.63) is 20.7 Å². The van der Waals surface area contributed by atoms with Crippen LogP contribution in [0.5, 0.6) is 0 Å². The van der Waals surface area contributed by atoms with E-state index < -0.39 is 0 Å². The van der Waals surface area contributed by atoms with Gasteiger partial charge in [-0.25, -0.2) is 0 Å². The molecule has 1 aliphatic rings. The van der Waals surface area contributed by atoms with Gasteiger partial charge in [0.25, 0.3) is 0 Å². The van der Waals surface area contributed by atoms with Crippen molar-refractivity contribution >= 4 is 17.2 Å². The smallest absolute Gasteiger partial charge is 0.307 e. The van der Waals surface area contributed by atoms with Gasteiger partial charge in [0, 0.05) is 37.1 Å². The fraction of sp³-hybridized carbons (Fsp3) is 0.636. The fourth-order valence-corrected chi connectivity index (χ4v) is 2.61. The van der Waals surface area contributed by atoms with Gasteiger partial charge in [0.15, 0.2) is 0 Å². The molecule has 0 spiro atoms. The second kappa shape index (κ2) is 5.46. The molecular formula is C11H16N2O3S. The van der Waals surface area contributed by atoms with Crippen LogP contribution >= 0.6 is 11.3 Å². The lowest BCUT2D eigenvalue weighted by molar-refractivity contribution is -0.135. The third kappa shape index (κ3) is 2.95. The van der Waals surface area contributed by atoms with E-state index in [0.29, 0.717) is 39.3 Å². The van der Waals surface area contributed by atoms with Crippen molar-refractivity contribution in [1.29, 1.82) is 0 Å². The molecule has 94 valence electrons. The number of hydrogen-bond donors (Lipinski definition) is 0. The van der Waals surface area contributed by atoms with E-state index in [0.717, 1.165) is 5.69 Å². The Balaban J connectivity index is 1.89. The van der Waals surface area contributed by atoms with Crippen molar-refractivity contribution in [2.75, 3.05) is 26.3 Å². The van der Waals surface area contributed by atoms with Crippen molar-refractivity contribution in [3.8, 4) is 0 Å². The highest BCUT2D eigenvalue weighted by molar-refractivity contribution is 7.07. The van der Waals surface area contributed by atoms with Gasteiger partial charge in [-0.15, -0.1) is 0 Å². The lowest BCUT2D eigenvalue weighted by Crippen LogP contribution is -2.41. The molecule has 0 radical (unpaired) electrons. The molecule has 1 aromatic rings. The predicted octanol–water partition coefficient (Wildman–Crippen LogP) is 0.467. The molecule has 17 heavy (non-hydrogen) atoms. The zero-order valence-corrected chi connectivity index (χ0v) is 10.7. The van der Waals surface area contributed by atoms with Gasteiger partial charge in [0.1, 0.15) is 0 Å². The molecule has 1 aromatic heterocycles. The topological polar surface area (TPSA) is 51.5 Å². The number of nitrogens with zero attached hydrogens (tertiary/aromatic N) is 2. The third-order valence-corrected chi connectivity index (χ3v) is 3.77. The summed E-state index contributed by atoms with van der Waals surface area (Å²) in [5.41, 5.74) is 0.926. The Labute approximate surface area is 104 Å². The second-order valence-corrected chi connectivity index (χ2v) is 4.86. The summed E-state index contributed by atoms with van der Waals surface area (Å²) in [4.78, 5) is 25.2. The lowest BCUT2D eigenvalue weighted by atomic mass is 10.3. The van der Waals surface area contributed by atoms with Gasteiger partial charge in [0.05, 0.1) is 13.2 Å². The molecule has 5 nitrogen and oxygen atoms in total. The SMILES string of the molecule is Cc1csc(=O)n1CCC(=O)N1CCOCC1. The van der Waals surface area contributed by atoms with E-state index in [1.165, 1.54) is 11.3 Å². The maximum absolute atomic E-state index is 11.9. The van der Waals surface area contributed by atoms with E-state index >= 15 is 0 Å². The maximum atomic E-state index is 11.9. The van der Waals surface area contributed by atoms with Crippen LogP contribution in [0.25, 0.3) is 0 Å². The van der Waals surface area contributed by atoms with Gasteiger partial charge in [-0.2, -0.15) is 0 Å². The molecule has 0 aromatic carbocycles. The minimum absolute atomic E-state index is 0.0114. The molecular weight excluding hydrogens is 240 g/mol. The van der Waals surface area contributed by atoms with Crippen molar-refractivity contribution < 1.29 is 9.53 Å². The van der Waals surface area contributed by atoms with Crippen LogP contribution in [0.3, 0.4) is 0 Å². The summed E-state index contributed by atoms with van der Waals surface area (Å²) in [6.07, 6.45) is 0.386. The van der Waals surface area contributed by atoms with Gasteiger partial charge in [-0.05, 0) is 6.92 Å². The van der Waals surface area contributed by atoms with Crippen LogP contribution in [-0.2, 0) is 16.1 Å². The average Bonchev–Trinajstić information content (AvgIpc) is 2.67. The summed E-state index contributed by atoms with van der Waals surface area (Å²) in [6, 6.07) is 0. The maximum Gasteiger partial charge on any atom is 0.307 e. The molecule has 2 heterocycles. The quantitative estimate of drug-likeness (QED) is 0.790. The molecule has 0 aliphatic carbocycles. The average molecular weight is 256 g/mol. The Hall–Kier alpha value is -1.14. The molecule has 0 atom stereocenters. The molecule has 0 saturated carbocycles. The summed E-state index contributed by atoms with van der Waals surface area (Å²) in [5, 5.41) is 1.82. The van der Waals surface area contributed by atoms with E-state index in [-0.39, 0.29) is 10.8 Å². The minimum atomic E-state index is 0.0114. The molecule has 1 saturated heterocycles. The van der Waals surface area contributed by atoms with Crippen LogP contribution in [0.1, 0.15) is 12.1 Å². The predicted molar refractivity (Wildman–Crippen MR) is 65.3 cm³/mol. The van der Waals surface area contributed by atoms with Crippen LogP contribution < -0.4 is 4.87 Å². The molecule has 1 aliphatic heterocycles. The number of ether oxygens (including phenoxy) is 1. The van der Waals surface area contributed by atoms with Crippen molar-refractivity contribution in [2.45, 2.75) is 19.9 Å². The van der Waals surface area contributed by atoms with E-state index in [9.17, 15) is 9.59 Å². The first-order chi connectivity index (χ1) is 8.18. The van der Waals surface area contributed by atoms with Crippen LogP contribution in [0, 0.1) is 6.92 Å². The van der Waals surface area contributed by atoms with E-state index in [4.69, 9.17) is 4.74 Å². The van der Waals surface area contributed by atoms with Crippen LogP contribution in [0.15, 0.2) is 10.2 Å². The first-order valence-electron chi connectivity index (χ1n) is 5.69. The van der Waals surface area contributed by atoms with E-state index in [1.807, 2.05) is 12.3 Å². The normalized spacial score (nSPS) is 16.2. The van der Waals surface area contributed by atoms with Crippen LogP contribution in [-0.4, -0.2) is 41.7 Å². The largest absolute Gasteiger partial charge is 0.378 e. The molecule has 2 rings (SSSR count). The Kier molecular flexibility index (Phi) is 3.96. The molecule has 1 fully saturated rings. The number of amides is 1. The number of carbonyl (C=O) groups excluding carboxylic acids is 1. The highest BCUT2D eigenvalue weighted by atomic mass is 32.1. The molecule has 6 heteroatoms. The number of rotatable bonds is 3. The molecule has 0 unspecified atom stereocenters. The number of thiazole rings is 1. The summed E-state index contributed by atoms with van der Waals surface area (Å²) >= 11 is 1.18. The van der Waals surface area contributed by atoms with Gasteiger partial charge >= 0.3 is 4.87 Å².